The average Bonchev–Trinajstić information content (AvgIpc) is 2.27. The molecular formula is C14H26O5. The van der Waals surface area contributed by atoms with Crippen LogP contribution in [0.15, 0.2) is 0 Å². The van der Waals surface area contributed by atoms with Crippen LogP contribution in [0.1, 0.15) is 60.8 Å². The average molecular weight is 274 g/mol. The van der Waals surface area contributed by atoms with Crippen LogP contribution in [0.3, 0.4) is 0 Å². The number of aliphatic hydroxyl groups excluding tert-OH is 1. The monoisotopic (exact) mass is 274 g/mol. The molecule has 1 N–H and O–H groups in total. The zero-order valence-electron chi connectivity index (χ0n) is 12.8. The molecule has 1 unspecified atom stereocenters. The fourth-order valence-electron chi connectivity index (χ4n) is 1.08. The highest BCUT2D eigenvalue weighted by Crippen LogP contribution is 2.17. The van der Waals surface area contributed by atoms with Crippen molar-refractivity contribution in [3.63, 3.8) is 0 Å². The highest BCUT2D eigenvalue weighted by molar-refractivity contribution is 5.81. The van der Waals surface area contributed by atoms with Crippen molar-refractivity contribution in [3.8, 4) is 0 Å². The number of hydrogen-bond acceptors (Lipinski definition) is 5. The van der Waals surface area contributed by atoms with Crippen LogP contribution in [-0.4, -0.2) is 34.4 Å². The van der Waals surface area contributed by atoms with E-state index in [9.17, 15) is 14.7 Å². The summed E-state index contributed by atoms with van der Waals surface area (Å²) < 4.78 is 10.3. The number of aliphatic hydroxyl groups is 1. The maximum absolute atomic E-state index is 11.6. The van der Waals surface area contributed by atoms with E-state index in [1.54, 1.807) is 27.7 Å². The molecule has 0 fully saturated rings. The van der Waals surface area contributed by atoms with Gasteiger partial charge in [-0.2, -0.15) is 0 Å². The molecule has 0 bridgehead atoms. The molecule has 0 aromatic heterocycles. The van der Waals surface area contributed by atoms with E-state index in [0.29, 0.717) is 12.8 Å². The second-order valence-electron chi connectivity index (χ2n) is 5.84. The van der Waals surface area contributed by atoms with Crippen LogP contribution in [-0.2, 0) is 19.1 Å². The van der Waals surface area contributed by atoms with Crippen LogP contribution < -0.4 is 0 Å². The second-order valence-corrected chi connectivity index (χ2v) is 5.84. The van der Waals surface area contributed by atoms with E-state index in [1.807, 2.05) is 13.8 Å². The van der Waals surface area contributed by atoms with Gasteiger partial charge >= 0.3 is 11.9 Å². The fraction of sp³-hybridized carbons (Fsp3) is 0.857. The van der Waals surface area contributed by atoms with E-state index >= 15 is 0 Å². The Morgan fingerprint density at radius 3 is 1.84 bits per heavy atom. The predicted molar refractivity (Wildman–Crippen MR) is 71.5 cm³/mol. The molecule has 0 heterocycles. The van der Waals surface area contributed by atoms with Gasteiger partial charge in [0.05, 0.1) is 6.42 Å². The van der Waals surface area contributed by atoms with Gasteiger partial charge in [-0.3, -0.25) is 4.79 Å². The third-order valence-corrected chi connectivity index (χ3v) is 3.10. The molecule has 0 saturated heterocycles. The first-order valence-electron chi connectivity index (χ1n) is 6.65. The lowest BCUT2D eigenvalue weighted by atomic mass is 10.1. The Kier molecular flexibility index (Phi) is 6.49. The molecule has 0 spiro atoms. The molecule has 0 aliphatic rings. The molecule has 0 saturated carbocycles. The van der Waals surface area contributed by atoms with Crippen LogP contribution in [0.5, 0.6) is 0 Å². The molecule has 0 rings (SSSR count). The topological polar surface area (TPSA) is 72.8 Å². The van der Waals surface area contributed by atoms with Crippen LogP contribution in [0, 0.1) is 0 Å². The van der Waals surface area contributed by atoms with Crippen molar-refractivity contribution in [2.75, 3.05) is 0 Å². The van der Waals surface area contributed by atoms with Crippen molar-refractivity contribution < 1.29 is 24.2 Å². The van der Waals surface area contributed by atoms with Crippen molar-refractivity contribution in [2.45, 2.75) is 78.1 Å². The van der Waals surface area contributed by atoms with Gasteiger partial charge in [0.25, 0.3) is 0 Å². The third-order valence-electron chi connectivity index (χ3n) is 3.10. The first-order valence-corrected chi connectivity index (χ1v) is 6.65. The van der Waals surface area contributed by atoms with E-state index in [1.165, 1.54) is 0 Å². The summed E-state index contributed by atoms with van der Waals surface area (Å²) in [6, 6.07) is 0. The van der Waals surface area contributed by atoms with Crippen molar-refractivity contribution in [1.82, 2.24) is 0 Å². The molecule has 0 radical (unpaired) electrons. The summed E-state index contributed by atoms with van der Waals surface area (Å²) in [7, 11) is 0. The van der Waals surface area contributed by atoms with Crippen LogP contribution >= 0.6 is 0 Å². The summed E-state index contributed by atoms with van der Waals surface area (Å²) >= 11 is 0. The van der Waals surface area contributed by atoms with Crippen LogP contribution in [0.4, 0.5) is 0 Å². The van der Waals surface area contributed by atoms with E-state index in [4.69, 9.17) is 9.47 Å². The zero-order valence-corrected chi connectivity index (χ0v) is 12.8. The van der Waals surface area contributed by atoms with Gasteiger partial charge in [0.1, 0.15) is 11.2 Å². The Labute approximate surface area is 115 Å². The Morgan fingerprint density at radius 1 is 1.00 bits per heavy atom. The Morgan fingerprint density at radius 2 is 1.42 bits per heavy atom. The lowest BCUT2D eigenvalue weighted by molar-refractivity contribution is -0.174. The largest absolute Gasteiger partial charge is 0.460 e. The van der Waals surface area contributed by atoms with Gasteiger partial charge in [-0.15, -0.1) is 0 Å². The maximum atomic E-state index is 11.6. The van der Waals surface area contributed by atoms with E-state index in [2.05, 4.69) is 0 Å². The maximum Gasteiger partial charge on any atom is 0.336 e. The normalized spacial score (nSPS) is 13.8. The molecular weight excluding hydrogens is 248 g/mol. The van der Waals surface area contributed by atoms with Crippen molar-refractivity contribution >= 4 is 11.9 Å². The van der Waals surface area contributed by atoms with Gasteiger partial charge in [-0.05, 0) is 40.5 Å². The van der Waals surface area contributed by atoms with Crippen LogP contribution in [0.25, 0.3) is 0 Å². The smallest absolute Gasteiger partial charge is 0.336 e. The number of carbonyl (C=O) groups is 2. The lowest BCUT2D eigenvalue weighted by Crippen LogP contribution is -2.36. The number of rotatable bonds is 7. The molecule has 0 aromatic carbocycles. The highest BCUT2D eigenvalue weighted by Gasteiger charge is 2.29. The minimum absolute atomic E-state index is 0.387. The summed E-state index contributed by atoms with van der Waals surface area (Å²) in [4.78, 5) is 23.2. The standard InChI is InChI=1S/C14H26O5/c1-7-13(3,4)18-11(16)9-10(15)12(17)19-14(5,6)8-2/h10,15H,7-9H2,1-6H3. The van der Waals surface area contributed by atoms with Gasteiger partial charge in [0.15, 0.2) is 6.10 Å². The van der Waals surface area contributed by atoms with Gasteiger partial charge in [-0.1, -0.05) is 13.8 Å². The predicted octanol–water partition coefficient (Wildman–Crippen LogP) is 2.20. The minimum Gasteiger partial charge on any atom is -0.460 e. The molecule has 112 valence electrons. The summed E-state index contributed by atoms with van der Waals surface area (Å²) in [5.41, 5.74) is -1.24. The van der Waals surface area contributed by atoms with E-state index in [-0.39, 0.29) is 6.42 Å². The first kappa shape index (κ1) is 17.9. The molecule has 5 heteroatoms. The molecule has 19 heavy (non-hydrogen) atoms. The summed E-state index contributed by atoms with van der Waals surface area (Å²) in [5, 5.41) is 9.64. The molecule has 0 aliphatic carbocycles. The van der Waals surface area contributed by atoms with Gasteiger partial charge in [0.2, 0.25) is 0 Å². The third kappa shape index (κ3) is 7.15. The molecule has 5 nitrogen and oxygen atoms in total. The van der Waals surface area contributed by atoms with Crippen molar-refractivity contribution in [1.29, 1.82) is 0 Å². The minimum atomic E-state index is -1.48. The number of ether oxygens (including phenoxy) is 2. The van der Waals surface area contributed by atoms with E-state index in [0.717, 1.165) is 0 Å². The Balaban J connectivity index is 4.34. The number of hydrogen-bond donors (Lipinski definition) is 1. The number of carbonyl (C=O) groups excluding carboxylic acids is 2. The molecule has 0 aliphatic heterocycles. The summed E-state index contributed by atoms with van der Waals surface area (Å²) in [5.74, 6) is -1.40. The molecule has 0 amide bonds. The van der Waals surface area contributed by atoms with Gasteiger partial charge < -0.3 is 14.6 Å². The first-order chi connectivity index (χ1) is 8.53. The quantitative estimate of drug-likeness (QED) is 0.720. The highest BCUT2D eigenvalue weighted by atomic mass is 16.6. The van der Waals surface area contributed by atoms with Gasteiger partial charge in [0, 0.05) is 0 Å². The summed E-state index contributed by atoms with van der Waals surface area (Å²) in [6.07, 6.45) is -0.589. The zero-order chi connectivity index (χ0) is 15.3. The van der Waals surface area contributed by atoms with Crippen molar-refractivity contribution in [2.24, 2.45) is 0 Å². The van der Waals surface area contributed by atoms with Gasteiger partial charge in [-0.25, -0.2) is 4.79 Å². The Hall–Kier alpha value is -1.10. The Bertz CT molecular complexity index is 320. The fourth-order valence-corrected chi connectivity index (χ4v) is 1.08. The lowest BCUT2D eigenvalue weighted by Gasteiger charge is -2.26. The van der Waals surface area contributed by atoms with Crippen molar-refractivity contribution in [3.05, 3.63) is 0 Å². The molecule has 1 atom stereocenters. The SMILES string of the molecule is CCC(C)(C)OC(=O)CC(O)C(=O)OC(C)(C)CC. The summed E-state index contributed by atoms with van der Waals surface area (Å²) in [6.45, 7) is 10.8. The number of esters is 2. The van der Waals surface area contributed by atoms with Crippen LogP contribution in [0.2, 0.25) is 0 Å². The second kappa shape index (κ2) is 6.89. The van der Waals surface area contributed by atoms with E-state index < -0.39 is 29.2 Å². The molecule has 0 aromatic rings.